The number of carboxylic acids is 1. The maximum absolute atomic E-state index is 11.4. The molecule has 1 unspecified atom stereocenters. The first kappa shape index (κ1) is 12.9. The molecule has 1 aliphatic rings. The van der Waals surface area contributed by atoms with Gasteiger partial charge in [-0.1, -0.05) is 20.8 Å². The molecule has 6 heteroatoms. The number of hydrogen-bond acceptors (Lipinski definition) is 4. The summed E-state index contributed by atoms with van der Waals surface area (Å²) in [6.45, 7) is 4.67. The Bertz CT molecular complexity index is 316. The average Bonchev–Trinajstić information content (AvgIpc) is 2.42. The van der Waals surface area contributed by atoms with Crippen molar-refractivity contribution in [1.82, 2.24) is 5.32 Å². The highest BCUT2D eigenvalue weighted by Gasteiger charge is 2.61. The number of carbonyl (C=O) groups excluding carboxylic acids is 1. The van der Waals surface area contributed by atoms with Crippen molar-refractivity contribution < 1.29 is 24.9 Å². The summed E-state index contributed by atoms with van der Waals surface area (Å²) < 4.78 is 0. The molecule has 0 aromatic heterocycles. The van der Waals surface area contributed by atoms with Crippen LogP contribution in [0, 0.1) is 11.8 Å². The molecule has 0 spiro atoms. The summed E-state index contributed by atoms with van der Waals surface area (Å²) in [6.07, 6.45) is -2.77. The zero-order valence-corrected chi connectivity index (χ0v) is 9.47. The molecule has 0 saturated carbocycles. The highest BCUT2D eigenvalue weighted by Crippen LogP contribution is 2.32. The van der Waals surface area contributed by atoms with Gasteiger partial charge in [0.1, 0.15) is 6.10 Å². The minimum Gasteiger partial charge on any atom is -0.479 e. The van der Waals surface area contributed by atoms with Gasteiger partial charge < -0.3 is 20.6 Å². The molecule has 0 bridgehead atoms. The van der Waals surface area contributed by atoms with Crippen LogP contribution in [-0.2, 0) is 9.59 Å². The van der Waals surface area contributed by atoms with Crippen LogP contribution in [-0.4, -0.2) is 44.9 Å². The van der Waals surface area contributed by atoms with E-state index in [1.54, 1.807) is 13.8 Å². The van der Waals surface area contributed by atoms with E-state index in [0.717, 1.165) is 0 Å². The Hall–Kier alpha value is -1.14. The Balaban J connectivity index is 3.18. The molecular formula is C10H17NO5. The van der Waals surface area contributed by atoms with Crippen LogP contribution in [0.2, 0.25) is 0 Å². The van der Waals surface area contributed by atoms with Gasteiger partial charge >= 0.3 is 5.97 Å². The Morgan fingerprint density at radius 1 is 1.50 bits per heavy atom. The molecule has 4 atom stereocenters. The third-order valence-electron chi connectivity index (χ3n) is 3.14. The van der Waals surface area contributed by atoms with Gasteiger partial charge in [-0.05, 0) is 5.92 Å². The van der Waals surface area contributed by atoms with Crippen LogP contribution in [0.4, 0.5) is 0 Å². The molecule has 0 aromatic rings. The third kappa shape index (κ3) is 1.58. The monoisotopic (exact) mass is 231 g/mol. The van der Waals surface area contributed by atoms with Crippen LogP contribution in [0.5, 0.6) is 0 Å². The first-order valence-electron chi connectivity index (χ1n) is 5.16. The van der Waals surface area contributed by atoms with Crippen molar-refractivity contribution >= 4 is 11.9 Å². The second-order valence-electron chi connectivity index (χ2n) is 4.59. The second-order valence-corrected chi connectivity index (χ2v) is 4.59. The minimum absolute atomic E-state index is 0.392. The molecule has 0 radical (unpaired) electrons. The molecule has 1 fully saturated rings. The Morgan fingerprint density at radius 2 is 2.00 bits per heavy atom. The predicted molar refractivity (Wildman–Crippen MR) is 54.5 cm³/mol. The van der Waals surface area contributed by atoms with E-state index in [9.17, 15) is 19.8 Å². The van der Waals surface area contributed by atoms with Crippen molar-refractivity contribution in [3.8, 4) is 0 Å². The number of rotatable bonds is 3. The average molecular weight is 231 g/mol. The number of carbonyl (C=O) groups is 2. The molecule has 6 nitrogen and oxygen atoms in total. The van der Waals surface area contributed by atoms with Crippen molar-refractivity contribution in [3.05, 3.63) is 0 Å². The Labute approximate surface area is 93.3 Å². The maximum Gasteiger partial charge on any atom is 0.334 e. The number of amides is 1. The smallest absolute Gasteiger partial charge is 0.334 e. The van der Waals surface area contributed by atoms with Crippen LogP contribution in [0.25, 0.3) is 0 Å². The predicted octanol–water partition coefficient (Wildman–Crippen LogP) is -1.05. The standard InChI is InChI=1S/C10H17NO5/c1-4(2)6(12)10(9(15)16)7(13)5(3)8(14)11-10/h4-7,12-13H,1-3H3,(H,11,14)(H,15,16)/t5-,6?,7+,10-/m0/s1. The summed E-state index contributed by atoms with van der Waals surface area (Å²) in [6, 6.07) is 0. The van der Waals surface area contributed by atoms with E-state index in [1.807, 2.05) is 0 Å². The largest absolute Gasteiger partial charge is 0.479 e. The number of hydrogen-bond donors (Lipinski definition) is 4. The van der Waals surface area contributed by atoms with Gasteiger partial charge in [-0.3, -0.25) is 4.79 Å². The molecule has 92 valence electrons. The Kier molecular flexibility index (Phi) is 3.25. The Morgan fingerprint density at radius 3 is 2.25 bits per heavy atom. The molecular weight excluding hydrogens is 214 g/mol. The molecule has 1 rings (SSSR count). The molecule has 0 aromatic carbocycles. The van der Waals surface area contributed by atoms with E-state index >= 15 is 0 Å². The van der Waals surface area contributed by atoms with Crippen molar-refractivity contribution in [2.45, 2.75) is 38.5 Å². The van der Waals surface area contributed by atoms with E-state index in [4.69, 9.17) is 5.11 Å². The highest BCUT2D eigenvalue weighted by atomic mass is 16.4. The molecule has 0 aliphatic carbocycles. The van der Waals surface area contributed by atoms with E-state index in [0.29, 0.717) is 0 Å². The summed E-state index contributed by atoms with van der Waals surface area (Å²) in [7, 11) is 0. The molecule has 4 N–H and O–H groups in total. The summed E-state index contributed by atoms with van der Waals surface area (Å²) >= 11 is 0. The van der Waals surface area contributed by atoms with E-state index in [2.05, 4.69) is 5.32 Å². The van der Waals surface area contributed by atoms with Gasteiger partial charge in [-0.25, -0.2) is 4.79 Å². The summed E-state index contributed by atoms with van der Waals surface area (Å²) in [5, 5.41) is 31.1. The number of nitrogens with one attached hydrogen (secondary N) is 1. The normalized spacial score (nSPS) is 36.2. The first-order valence-corrected chi connectivity index (χ1v) is 5.16. The fourth-order valence-corrected chi connectivity index (χ4v) is 2.01. The maximum atomic E-state index is 11.4. The number of aliphatic hydroxyl groups is 2. The SMILES string of the molecule is CC(C)C(O)[C@]1(C(=O)O)NC(=O)[C@@H](C)[C@H]1O. The molecule has 1 heterocycles. The minimum atomic E-state index is -2.00. The lowest BCUT2D eigenvalue weighted by Crippen LogP contribution is -2.65. The lowest BCUT2D eigenvalue weighted by molar-refractivity contribution is -0.158. The van der Waals surface area contributed by atoms with Gasteiger partial charge in [0.15, 0.2) is 5.54 Å². The molecule has 16 heavy (non-hydrogen) atoms. The van der Waals surface area contributed by atoms with Crippen LogP contribution in [0.1, 0.15) is 20.8 Å². The van der Waals surface area contributed by atoms with Crippen molar-refractivity contribution in [2.24, 2.45) is 11.8 Å². The third-order valence-corrected chi connectivity index (χ3v) is 3.14. The highest BCUT2D eigenvalue weighted by molar-refractivity contribution is 5.94. The molecule has 1 saturated heterocycles. The fourth-order valence-electron chi connectivity index (χ4n) is 2.01. The van der Waals surface area contributed by atoms with Crippen LogP contribution >= 0.6 is 0 Å². The quantitative estimate of drug-likeness (QED) is 0.496. The van der Waals surface area contributed by atoms with Crippen LogP contribution in [0.15, 0.2) is 0 Å². The topological polar surface area (TPSA) is 107 Å². The van der Waals surface area contributed by atoms with Crippen molar-refractivity contribution in [3.63, 3.8) is 0 Å². The number of aliphatic hydroxyl groups excluding tert-OH is 2. The van der Waals surface area contributed by atoms with Crippen molar-refractivity contribution in [1.29, 1.82) is 0 Å². The van der Waals surface area contributed by atoms with E-state index in [-0.39, 0.29) is 0 Å². The molecule has 1 amide bonds. The van der Waals surface area contributed by atoms with E-state index < -0.39 is 41.5 Å². The molecule has 1 aliphatic heterocycles. The van der Waals surface area contributed by atoms with Gasteiger partial charge in [-0.2, -0.15) is 0 Å². The van der Waals surface area contributed by atoms with Gasteiger partial charge in [-0.15, -0.1) is 0 Å². The number of carboxylic acid groups (broad SMARTS) is 1. The fraction of sp³-hybridized carbons (Fsp3) is 0.800. The van der Waals surface area contributed by atoms with Crippen molar-refractivity contribution in [2.75, 3.05) is 0 Å². The lowest BCUT2D eigenvalue weighted by atomic mass is 9.80. The summed E-state index contributed by atoms with van der Waals surface area (Å²) in [4.78, 5) is 22.6. The zero-order valence-electron chi connectivity index (χ0n) is 9.47. The van der Waals surface area contributed by atoms with E-state index in [1.165, 1.54) is 6.92 Å². The summed E-state index contributed by atoms with van der Waals surface area (Å²) in [5.41, 5.74) is -2.00. The zero-order chi connectivity index (χ0) is 12.7. The van der Waals surface area contributed by atoms with Gasteiger partial charge in [0.25, 0.3) is 0 Å². The second kappa shape index (κ2) is 4.03. The van der Waals surface area contributed by atoms with Gasteiger partial charge in [0.05, 0.1) is 12.0 Å². The first-order chi connectivity index (χ1) is 7.25. The van der Waals surface area contributed by atoms with Crippen LogP contribution < -0.4 is 5.32 Å². The summed E-state index contributed by atoms with van der Waals surface area (Å²) in [5.74, 6) is -3.21. The lowest BCUT2D eigenvalue weighted by Gasteiger charge is -2.35. The van der Waals surface area contributed by atoms with Crippen LogP contribution in [0.3, 0.4) is 0 Å². The van der Waals surface area contributed by atoms with Gasteiger partial charge in [0, 0.05) is 0 Å². The van der Waals surface area contributed by atoms with Gasteiger partial charge in [0.2, 0.25) is 5.91 Å². The number of aliphatic carboxylic acids is 1.